The number of hydrogen-bond donors (Lipinski definition) is 0. The van der Waals surface area contributed by atoms with Gasteiger partial charge < -0.3 is 9.80 Å². The fourth-order valence-electron chi connectivity index (χ4n) is 3.94. The van der Waals surface area contributed by atoms with Crippen molar-refractivity contribution in [3.05, 3.63) is 42.0 Å². The van der Waals surface area contributed by atoms with Crippen LogP contribution in [-0.2, 0) is 9.59 Å². The number of rotatable bonds is 5. The van der Waals surface area contributed by atoms with E-state index in [9.17, 15) is 9.59 Å². The van der Waals surface area contributed by atoms with Crippen molar-refractivity contribution in [3.63, 3.8) is 0 Å². The molecule has 146 valence electrons. The molecule has 1 atom stereocenters. The van der Waals surface area contributed by atoms with Gasteiger partial charge in [-0.05, 0) is 18.4 Å². The molecule has 2 fully saturated rings. The Kier molecular flexibility index (Phi) is 7.04. The van der Waals surface area contributed by atoms with Crippen LogP contribution in [0.1, 0.15) is 31.7 Å². The second kappa shape index (κ2) is 9.70. The smallest absolute Gasteiger partial charge is 0.227 e. The average Bonchev–Trinajstić information content (AvgIpc) is 2.74. The molecule has 2 aliphatic heterocycles. The van der Waals surface area contributed by atoms with Gasteiger partial charge in [0.1, 0.15) is 0 Å². The third kappa shape index (κ3) is 5.42. The molecule has 0 aromatic heterocycles. The van der Waals surface area contributed by atoms with Crippen LogP contribution in [0.5, 0.6) is 0 Å². The van der Waals surface area contributed by atoms with Crippen molar-refractivity contribution in [2.45, 2.75) is 26.2 Å². The van der Waals surface area contributed by atoms with E-state index in [2.05, 4.69) is 29.2 Å². The average molecular weight is 370 g/mol. The van der Waals surface area contributed by atoms with Gasteiger partial charge in [-0.25, -0.2) is 0 Å². The Bertz CT molecular complexity index is 651. The number of likely N-dealkylation sites (tertiary alicyclic amines) is 1. The molecule has 2 saturated heterocycles. The summed E-state index contributed by atoms with van der Waals surface area (Å²) < 4.78 is 0. The van der Waals surface area contributed by atoms with E-state index >= 15 is 0 Å². The van der Waals surface area contributed by atoms with Crippen molar-refractivity contribution in [3.8, 4) is 0 Å². The van der Waals surface area contributed by atoms with Crippen LogP contribution >= 0.6 is 0 Å². The molecular formula is C22H31N3O2. The van der Waals surface area contributed by atoms with E-state index in [1.807, 2.05) is 34.9 Å². The van der Waals surface area contributed by atoms with Crippen molar-refractivity contribution >= 4 is 17.9 Å². The first-order chi connectivity index (χ1) is 13.2. The molecule has 0 bridgehead atoms. The summed E-state index contributed by atoms with van der Waals surface area (Å²) in [6.07, 6.45) is 6.72. The van der Waals surface area contributed by atoms with Crippen LogP contribution in [0.15, 0.2) is 36.4 Å². The predicted molar refractivity (Wildman–Crippen MR) is 108 cm³/mol. The molecule has 2 heterocycles. The zero-order valence-corrected chi connectivity index (χ0v) is 16.3. The van der Waals surface area contributed by atoms with Crippen LogP contribution in [0, 0.1) is 5.92 Å². The number of benzene rings is 1. The minimum atomic E-state index is -0.0150. The van der Waals surface area contributed by atoms with E-state index in [-0.39, 0.29) is 17.7 Å². The fourth-order valence-corrected chi connectivity index (χ4v) is 3.94. The molecule has 2 amide bonds. The van der Waals surface area contributed by atoms with Gasteiger partial charge in [0, 0.05) is 52.2 Å². The Morgan fingerprint density at radius 3 is 2.48 bits per heavy atom. The summed E-state index contributed by atoms with van der Waals surface area (Å²) in [5.74, 6) is 0.393. The number of carbonyl (C=O) groups is 2. The minimum absolute atomic E-state index is 0.0150. The zero-order chi connectivity index (χ0) is 19.1. The SMILES string of the molecule is CCC(=O)N1CCC[C@H](C(=O)N2CCN(C/C=C/c3ccccc3)CC2)C1. The molecule has 0 N–H and O–H groups in total. The highest BCUT2D eigenvalue weighted by Gasteiger charge is 2.31. The molecule has 0 spiro atoms. The molecule has 1 aromatic rings. The van der Waals surface area contributed by atoms with Gasteiger partial charge >= 0.3 is 0 Å². The van der Waals surface area contributed by atoms with E-state index in [1.54, 1.807) is 0 Å². The normalized spacial score (nSPS) is 21.6. The summed E-state index contributed by atoms with van der Waals surface area (Å²) in [7, 11) is 0. The van der Waals surface area contributed by atoms with Crippen molar-refractivity contribution < 1.29 is 9.59 Å². The Morgan fingerprint density at radius 2 is 1.78 bits per heavy atom. The van der Waals surface area contributed by atoms with Crippen molar-refractivity contribution in [2.75, 3.05) is 45.8 Å². The van der Waals surface area contributed by atoms with Crippen molar-refractivity contribution in [2.24, 2.45) is 5.92 Å². The summed E-state index contributed by atoms with van der Waals surface area (Å²) in [6.45, 7) is 7.61. The lowest BCUT2D eigenvalue weighted by Gasteiger charge is -2.38. The summed E-state index contributed by atoms with van der Waals surface area (Å²) in [6, 6.07) is 10.3. The van der Waals surface area contributed by atoms with Crippen LogP contribution in [0.25, 0.3) is 6.08 Å². The third-order valence-electron chi connectivity index (χ3n) is 5.58. The first-order valence-electron chi connectivity index (χ1n) is 10.2. The number of amides is 2. The highest BCUT2D eigenvalue weighted by molar-refractivity contribution is 5.81. The molecule has 0 radical (unpaired) electrons. The molecular weight excluding hydrogens is 338 g/mol. The Balaban J connectivity index is 1.44. The van der Waals surface area contributed by atoms with E-state index in [1.165, 1.54) is 5.56 Å². The largest absolute Gasteiger partial charge is 0.342 e. The first kappa shape index (κ1) is 19.6. The zero-order valence-electron chi connectivity index (χ0n) is 16.3. The summed E-state index contributed by atoms with van der Waals surface area (Å²) >= 11 is 0. The highest BCUT2D eigenvalue weighted by atomic mass is 16.2. The quantitative estimate of drug-likeness (QED) is 0.801. The van der Waals surface area contributed by atoms with Crippen molar-refractivity contribution in [1.29, 1.82) is 0 Å². The molecule has 5 nitrogen and oxygen atoms in total. The molecule has 0 aliphatic carbocycles. The summed E-state index contributed by atoms with van der Waals surface area (Å²) in [5, 5.41) is 0. The van der Waals surface area contributed by atoms with Crippen LogP contribution in [0.3, 0.4) is 0 Å². The molecule has 5 heteroatoms. The standard InChI is InChI=1S/C22H31N3O2/c1-2-21(26)25-13-7-11-20(18-25)22(27)24-16-14-23(15-17-24)12-6-10-19-8-4-3-5-9-19/h3-6,8-10,20H,2,7,11-18H2,1H3/b10-6+/t20-/m0/s1. The van der Waals surface area contributed by atoms with Gasteiger partial charge in [-0.3, -0.25) is 14.5 Å². The number of piperidine rings is 1. The van der Waals surface area contributed by atoms with Gasteiger partial charge in [0.25, 0.3) is 0 Å². The van der Waals surface area contributed by atoms with Gasteiger partial charge in [0.05, 0.1) is 5.92 Å². The maximum atomic E-state index is 12.9. The van der Waals surface area contributed by atoms with Gasteiger partial charge in [-0.1, -0.05) is 49.4 Å². The summed E-state index contributed by atoms with van der Waals surface area (Å²) in [5.41, 5.74) is 1.22. The number of nitrogens with zero attached hydrogens (tertiary/aromatic N) is 3. The topological polar surface area (TPSA) is 43.9 Å². The molecule has 2 aliphatic rings. The Morgan fingerprint density at radius 1 is 1.04 bits per heavy atom. The second-order valence-electron chi connectivity index (χ2n) is 7.47. The summed E-state index contributed by atoms with van der Waals surface area (Å²) in [4.78, 5) is 31.1. The lowest BCUT2D eigenvalue weighted by molar-refractivity contribution is -0.142. The van der Waals surface area contributed by atoms with E-state index < -0.39 is 0 Å². The van der Waals surface area contributed by atoms with Crippen LogP contribution in [0.4, 0.5) is 0 Å². The molecule has 0 unspecified atom stereocenters. The maximum Gasteiger partial charge on any atom is 0.227 e. The van der Waals surface area contributed by atoms with Gasteiger partial charge in [0.2, 0.25) is 11.8 Å². The lowest BCUT2D eigenvalue weighted by atomic mass is 9.96. The van der Waals surface area contributed by atoms with E-state index in [4.69, 9.17) is 0 Å². The first-order valence-corrected chi connectivity index (χ1v) is 10.2. The fraction of sp³-hybridized carbons (Fsp3) is 0.545. The maximum absolute atomic E-state index is 12.9. The number of carbonyl (C=O) groups excluding carboxylic acids is 2. The molecule has 0 saturated carbocycles. The number of piperazine rings is 1. The highest BCUT2D eigenvalue weighted by Crippen LogP contribution is 2.20. The molecule has 3 rings (SSSR count). The Hall–Kier alpha value is -2.14. The monoisotopic (exact) mass is 369 g/mol. The third-order valence-corrected chi connectivity index (χ3v) is 5.58. The van der Waals surface area contributed by atoms with Gasteiger partial charge in [0.15, 0.2) is 0 Å². The second-order valence-corrected chi connectivity index (χ2v) is 7.47. The van der Waals surface area contributed by atoms with Crippen LogP contribution in [0.2, 0.25) is 0 Å². The molecule has 1 aromatic carbocycles. The minimum Gasteiger partial charge on any atom is -0.342 e. The van der Waals surface area contributed by atoms with Crippen molar-refractivity contribution in [1.82, 2.24) is 14.7 Å². The van der Waals surface area contributed by atoms with Crippen LogP contribution < -0.4 is 0 Å². The van der Waals surface area contributed by atoms with Crippen LogP contribution in [-0.4, -0.2) is 72.3 Å². The molecule has 27 heavy (non-hydrogen) atoms. The Labute approximate surface area is 162 Å². The van der Waals surface area contributed by atoms with E-state index in [0.29, 0.717) is 13.0 Å². The lowest BCUT2D eigenvalue weighted by Crippen LogP contribution is -2.53. The number of hydrogen-bond acceptors (Lipinski definition) is 3. The van der Waals surface area contributed by atoms with Gasteiger partial charge in [-0.2, -0.15) is 0 Å². The van der Waals surface area contributed by atoms with E-state index in [0.717, 1.165) is 52.1 Å². The predicted octanol–water partition coefficient (Wildman–Crippen LogP) is 2.49. The van der Waals surface area contributed by atoms with Gasteiger partial charge in [-0.15, -0.1) is 0 Å².